The van der Waals surface area contributed by atoms with Crippen LogP contribution < -0.4 is 19.5 Å². The van der Waals surface area contributed by atoms with Gasteiger partial charge in [-0.15, -0.1) is 11.8 Å². The number of amides is 1. The zero-order valence-corrected chi connectivity index (χ0v) is 17.2. The Labute approximate surface area is 169 Å². The fraction of sp³-hybridized carbons (Fsp3) is 0.350. The molecule has 2 aromatic rings. The molecule has 0 radical (unpaired) electrons. The molecule has 0 unspecified atom stereocenters. The van der Waals surface area contributed by atoms with Gasteiger partial charge < -0.3 is 19.5 Å². The molecular weight excluding hydrogens is 386 g/mol. The fourth-order valence-corrected chi connectivity index (χ4v) is 3.25. The molecule has 0 aliphatic rings. The Morgan fingerprint density at radius 3 is 2.41 bits per heavy atom. The van der Waals surface area contributed by atoms with Gasteiger partial charge in [0, 0.05) is 11.4 Å². The summed E-state index contributed by atoms with van der Waals surface area (Å²) < 4.78 is 16.2. The lowest BCUT2D eigenvalue weighted by Crippen LogP contribution is -2.23. The number of nitrogens with one attached hydrogen (secondary N) is 1. The van der Waals surface area contributed by atoms with Gasteiger partial charge in [0.1, 0.15) is 17.2 Å². The van der Waals surface area contributed by atoms with Crippen LogP contribution in [-0.2, 0) is 4.79 Å². The van der Waals surface area contributed by atoms with Crippen molar-refractivity contribution >= 4 is 35.0 Å². The van der Waals surface area contributed by atoms with Crippen LogP contribution in [0.4, 0.5) is 5.69 Å². The number of hydrogen-bond acceptors (Lipinski definition) is 5. The SMILES string of the molecule is CCOc1ccc(OCCS[C@@H](C)C(=O)Nc2ccc(OC)c(Cl)c2)cc1. The van der Waals surface area contributed by atoms with Crippen molar-refractivity contribution in [2.45, 2.75) is 19.1 Å². The molecule has 27 heavy (non-hydrogen) atoms. The van der Waals surface area contributed by atoms with E-state index in [-0.39, 0.29) is 11.2 Å². The van der Waals surface area contributed by atoms with Crippen molar-refractivity contribution in [2.24, 2.45) is 0 Å². The molecule has 0 heterocycles. The van der Waals surface area contributed by atoms with Gasteiger partial charge >= 0.3 is 0 Å². The van der Waals surface area contributed by atoms with Gasteiger partial charge in [0.05, 0.1) is 30.6 Å². The van der Waals surface area contributed by atoms with Crippen molar-refractivity contribution in [1.82, 2.24) is 0 Å². The van der Waals surface area contributed by atoms with E-state index in [1.165, 1.54) is 11.8 Å². The minimum atomic E-state index is -0.213. The summed E-state index contributed by atoms with van der Waals surface area (Å²) in [6, 6.07) is 12.7. The topological polar surface area (TPSA) is 56.8 Å². The molecule has 0 aliphatic carbocycles. The molecule has 1 N–H and O–H groups in total. The predicted octanol–water partition coefficient (Wildman–Crippen LogP) is 4.89. The number of carbonyl (C=O) groups excluding carboxylic acids is 1. The highest BCUT2D eigenvalue weighted by Gasteiger charge is 2.14. The second-order valence-corrected chi connectivity index (χ2v) is 7.46. The van der Waals surface area contributed by atoms with Crippen molar-refractivity contribution in [3.63, 3.8) is 0 Å². The Kier molecular flexibility index (Phi) is 8.61. The lowest BCUT2D eigenvalue weighted by atomic mass is 10.3. The minimum Gasteiger partial charge on any atom is -0.495 e. The van der Waals surface area contributed by atoms with Gasteiger partial charge in [0.2, 0.25) is 5.91 Å². The van der Waals surface area contributed by atoms with Gasteiger partial charge in [-0.25, -0.2) is 0 Å². The number of thioether (sulfide) groups is 1. The van der Waals surface area contributed by atoms with E-state index in [1.807, 2.05) is 38.1 Å². The summed E-state index contributed by atoms with van der Waals surface area (Å²) in [5.41, 5.74) is 0.642. The first-order valence-corrected chi connectivity index (χ1v) is 10.1. The molecule has 7 heteroatoms. The highest BCUT2D eigenvalue weighted by molar-refractivity contribution is 8.00. The molecule has 0 saturated carbocycles. The van der Waals surface area contributed by atoms with E-state index >= 15 is 0 Å². The molecule has 1 amide bonds. The number of anilines is 1. The highest BCUT2D eigenvalue weighted by Crippen LogP contribution is 2.27. The molecule has 0 bridgehead atoms. The Bertz CT molecular complexity index is 739. The van der Waals surface area contributed by atoms with Crippen LogP contribution in [0.3, 0.4) is 0 Å². The number of halogens is 1. The maximum atomic E-state index is 12.3. The molecule has 0 aromatic heterocycles. The number of rotatable bonds is 10. The first-order valence-electron chi connectivity index (χ1n) is 8.65. The second-order valence-electron chi connectivity index (χ2n) is 5.60. The molecule has 5 nitrogen and oxygen atoms in total. The summed E-state index contributed by atoms with van der Waals surface area (Å²) in [7, 11) is 1.55. The smallest absolute Gasteiger partial charge is 0.237 e. The summed E-state index contributed by atoms with van der Waals surface area (Å²) in [5.74, 6) is 2.79. The summed E-state index contributed by atoms with van der Waals surface area (Å²) in [5, 5.41) is 3.10. The van der Waals surface area contributed by atoms with Gasteiger partial charge in [0.25, 0.3) is 0 Å². The quantitative estimate of drug-likeness (QED) is 0.566. The van der Waals surface area contributed by atoms with Crippen molar-refractivity contribution in [2.75, 3.05) is 31.4 Å². The summed E-state index contributed by atoms with van der Waals surface area (Å²) in [6.45, 7) is 4.97. The second kappa shape index (κ2) is 10.9. The first kappa shape index (κ1) is 21.3. The van der Waals surface area contributed by atoms with Crippen molar-refractivity contribution < 1.29 is 19.0 Å². The van der Waals surface area contributed by atoms with E-state index in [1.54, 1.807) is 25.3 Å². The van der Waals surface area contributed by atoms with Crippen LogP contribution in [0, 0.1) is 0 Å². The van der Waals surface area contributed by atoms with Crippen LogP contribution in [-0.4, -0.2) is 37.2 Å². The fourth-order valence-electron chi connectivity index (χ4n) is 2.25. The third-order valence-corrected chi connectivity index (χ3v) is 5.06. The predicted molar refractivity (Wildman–Crippen MR) is 112 cm³/mol. The normalized spacial score (nSPS) is 11.6. The minimum absolute atomic E-state index is 0.0812. The average molecular weight is 410 g/mol. The van der Waals surface area contributed by atoms with E-state index in [9.17, 15) is 4.79 Å². The maximum absolute atomic E-state index is 12.3. The van der Waals surface area contributed by atoms with E-state index < -0.39 is 0 Å². The van der Waals surface area contributed by atoms with Gasteiger partial charge in [-0.05, 0) is 56.3 Å². The number of methoxy groups -OCH3 is 1. The van der Waals surface area contributed by atoms with Crippen LogP contribution >= 0.6 is 23.4 Å². The Balaban J connectivity index is 1.72. The number of carbonyl (C=O) groups is 1. The Hall–Kier alpha value is -2.05. The molecule has 146 valence electrons. The number of ether oxygens (including phenoxy) is 3. The first-order chi connectivity index (χ1) is 13.0. The third-order valence-electron chi connectivity index (χ3n) is 3.64. The molecule has 1 atom stereocenters. The van der Waals surface area contributed by atoms with Crippen LogP contribution in [0.5, 0.6) is 17.2 Å². The lowest BCUT2D eigenvalue weighted by Gasteiger charge is -2.13. The standard InChI is InChI=1S/C20H24ClNO4S/c1-4-25-16-6-8-17(9-7-16)26-11-12-27-14(2)20(23)22-15-5-10-19(24-3)18(21)13-15/h5-10,13-14H,4,11-12H2,1-3H3,(H,22,23)/t14-/m0/s1. The number of benzene rings is 2. The van der Waals surface area contributed by atoms with Crippen molar-refractivity contribution in [1.29, 1.82) is 0 Å². The highest BCUT2D eigenvalue weighted by atomic mass is 35.5. The molecule has 0 saturated heterocycles. The van der Waals surface area contributed by atoms with E-state index in [2.05, 4.69) is 5.32 Å². The van der Waals surface area contributed by atoms with Gasteiger partial charge in [-0.1, -0.05) is 11.6 Å². The summed E-state index contributed by atoms with van der Waals surface area (Å²) in [6.07, 6.45) is 0. The van der Waals surface area contributed by atoms with Crippen molar-refractivity contribution in [3.05, 3.63) is 47.5 Å². The molecule has 0 aliphatic heterocycles. The van der Waals surface area contributed by atoms with Gasteiger partial charge in [-0.3, -0.25) is 4.79 Å². The van der Waals surface area contributed by atoms with E-state index in [4.69, 9.17) is 25.8 Å². The Morgan fingerprint density at radius 1 is 1.15 bits per heavy atom. The molecular formula is C20H24ClNO4S. The third kappa shape index (κ3) is 6.88. The van der Waals surface area contributed by atoms with Crippen LogP contribution in [0.25, 0.3) is 0 Å². The van der Waals surface area contributed by atoms with Crippen molar-refractivity contribution in [3.8, 4) is 17.2 Å². The average Bonchev–Trinajstić information content (AvgIpc) is 2.66. The van der Waals surface area contributed by atoms with Crippen LogP contribution in [0.2, 0.25) is 5.02 Å². The van der Waals surface area contributed by atoms with Crippen LogP contribution in [0.15, 0.2) is 42.5 Å². The van der Waals surface area contributed by atoms with Crippen LogP contribution in [0.1, 0.15) is 13.8 Å². The van der Waals surface area contributed by atoms with E-state index in [0.29, 0.717) is 35.4 Å². The molecule has 2 aromatic carbocycles. The molecule has 2 rings (SSSR count). The summed E-state index contributed by atoms with van der Waals surface area (Å²) in [4.78, 5) is 12.3. The Morgan fingerprint density at radius 2 is 1.81 bits per heavy atom. The molecule has 0 fully saturated rings. The summed E-state index contributed by atoms with van der Waals surface area (Å²) >= 11 is 7.60. The van der Waals surface area contributed by atoms with Gasteiger partial charge in [0.15, 0.2) is 0 Å². The van der Waals surface area contributed by atoms with E-state index in [0.717, 1.165) is 11.5 Å². The van der Waals surface area contributed by atoms with Gasteiger partial charge in [-0.2, -0.15) is 0 Å². The monoisotopic (exact) mass is 409 g/mol. The lowest BCUT2D eigenvalue weighted by molar-refractivity contribution is -0.115. The zero-order chi connectivity index (χ0) is 19.6. The zero-order valence-electron chi connectivity index (χ0n) is 15.7. The maximum Gasteiger partial charge on any atom is 0.237 e. The molecule has 0 spiro atoms. The number of hydrogen-bond donors (Lipinski definition) is 1. The largest absolute Gasteiger partial charge is 0.495 e.